The van der Waals surface area contributed by atoms with Crippen molar-refractivity contribution < 1.29 is 4.79 Å². The minimum absolute atomic E-state index is 0.0653. The van der Waals surface area contributed by atoms with Crippen LogP contribution in [-0.2, 0) is 0 Å². The maximum absolute atomic E-state index is 12.1. The topological polar surface area (TPSA) is 42.9 Å². The molecule has 0 amide bonds. The number of carbonyl (C=O) groups is 1. The molecule has 0 saturated carbocycles. The highest BCUT2D eigenvalue weighted by atomic mass is 32.1. The van der Waals surface area contributed by atoms with Gasteiger partial charge in [-0.2, -0.15) is 0 Å². The lowest BCUT2D eigenvalue weighted by atomic mass is 9.96. The lowest BCUT2D eigenvalue weighted by Crippen LogP contribution is -2.10. The molecule has 3 nitrogen and oxygen atoms in total. The molecular weight excluding hydrogens is 220 g/mol. The molecule has 16 heavy (non-hydrogen) atoms. The number of aryl methyl sites for hydroxylation is 1. The van der Waals surface area contributed by atoms with E-state index >= 15 is 0 Å². The Morgan fingerprint density at radius 3 is 2.62 bits per heavy atom. The number of pyridine rings is 1. The van der Waals surface area contributed by atoms with Crippen LogP contribution in [0.2, 0.25) is 0 Å². The van der Waals surface area contributed by atoms with Gasteiger partial charge in [-0.25, -0.2) is 4.98 Å². The van der Waals surface area contributed by atoms with E-state index in [4.69, 9.17) is 0 Å². The standard InChI is InChI=1S/C12H12N2OS/c1-8(10-3-5-13-6-4-10)12(15)11-7-16-9(2)14-11/h3-8H,1-2H3. The quantitative estimate of drug-likeness (QED) is 0.764. The molecule has 0 aliphatic carbocycles. The Morgan fingerprint density at radius 1 is 1.38 bits per heavy atom. The Balaban J connectivity index is 2.23. The van der Waals surface area contributed by atoms with E-state index in [0.29, 0.717) is 5.69 Å². The van der Waals surface area contributed by atoms with Gasteiger partial charge in [-0.3, -0.25) is 9.78 Å². The Labute approximate surface area is 98.2 Å². The minimum atomic E-state index is -0.163. The van der Waals surface area contributed by atoms with Crippen molar-refractivity contribution in [2.75, 3.05) is 0 Å². The van der Waals surface area contributed by atoms with E-state index in [1.54, 1.807) is 12.4 Å². The molecule has 2 rings (SSSR count). The van der Waals surface area contributed by atoms with Crippen LogP contribution >= 0.6 is 11.3 Å². The van der Waals surface area contributed by atoms with E-state index < -0.39 is 0 Å². The molecule has 0 N–H and O–H groups in total. The molecule has 0 bridgehead atoms. The highest BCUT2D eigenvalue weighted by Gasteiger charge is 2.19. The van der Waals surface area contributed by atoms with Crippen molar-refractivity contribution in [3.63, 3.8) is 0 Å². The van der Waals surface area contributed by atoms with E-state index in [1.165, 1.54) is 11.3 Å². The monoisotopic (exact) mass is 232 g/mol. The van der Waals surface area contributed by atoms with Crippen molar-refractivity contribution in [2.45, 2.75) is 19.8 Å². The second-order valence-corrected chi connectivity index (χ2v) is 4.68. The predicted octanol–water partition coefficient (Wildman–Crippen LogP) is 2.83. The first-order valence-electron chi connectivity index (χ1n) is 5.04. The molecule has 2 heterocycles. The van der Waals surface area contributed by atoms with Gasteiger partial charge < -0.3 is 0 Å². The molecular formula is C12H12N2OS. The van der Waals surface area contributed by atoms with Crippen LogP contribution < -0.4 is 0 Å². The molecule has 2 aromatic rings. The molecule has 1 unspecified atom stereocenters. The van der Waals surface area contributed by atoms with Crippen LogP contribution in [0.15, 0.2) is 29.9 Å². The molecule has 0 aliphatic heterocycles. The first-order chi connectivity index (χ1) is 7.68. The van der Waals surface area contributed by atoms with Crippen LogP contribution in [0.1, 0.15) is 33.9 Å². The van der Waals surface area contributed by atoms with Gasteiger partial charge in [-0.1, -0.05) is 6.92 Å². The zero-order chi connectivity index (χ0) is 11.5. The summed E-state index contributed by atoms with van der Waals surface area (Å²) in [6.45, 7) is 3.80. The van der Waals surface area contributed by atoms with E-state index in [-0.39, 0.29) is 11.7 Å². The van der Waals surface area contributed by atoms with Gasteiger partial charge in [-0.05, 0) is 24.6 Å². The van der Waals surface area contributed by atoms with Crippen LogP contribution in [-0.4, -0.2) is 15.8 Å². The van der Waals surface area contributed by atoms with Gasteiger partial charge in [0.05, 0.1) is 5.01 Å². The zero-order valence-electron chi connectivity index (χ0n) is 9.18. The molecule has 2 aromatic heterocycles. The summed E-state index contributed by atoms with van der Waals surface area (Å²) in [4.78, 5) is 20.2. The van der Waals surface area contributed by atoms with E-state index in [0.717, 1.165) is 10.6 Å². The predicted molar refractivity (Wildman–Crippen MR) is 63.8 cm³/mol. The first kappa shape index (κ1) is 11.0. The van der Waals surface area contributed by atoms with Crippen LogP contribution in [0.25, 0.3) is 0 Å². The summed E-state index contributed by atoms with van der Waals surface area (Å²) in [6, 6.07) is 3.73. The third-order valence-electron chi connectivity index (χ3n) is 2.47. The Hall–Kier alpha value is -1.55. The lowest BCUT2D eigenvalue weighted by molar-refractivity contribution is 0.0961. The average molecular weight is 232 g/mol. The van der Waals surface area contributed by atoms with Crippen molar-refractivity contribution in [1.82, 2.24) is 9.97 Å². The summed E-state index contributed by atoms with van der Waals surface area (Å²) in [5, 5.41) is 2.74. The lowest BCUT2D eigenvalue weighted by Gasteiger charge is -2.08. The van der Waals surface area contributed by atoms with Crippen molar-refractivity contribution in [3.8, 4) is 0 Å². The van der Waals surface area contributed by atoms with Gasteiger partial charge in [0.15, 0.2) is 5.78 Å². The van der Waals surface area contributed by atoms with E-state index in [2.05, 4.69) is 9.97 Å². The molecule has 4 heteroatoms. The summed E-state index contributed by atoms with van der Waals surface area (Å²) in [5.41, 5.74) is 1.54. The molecule has 82 valence electrons. The van der Waals surface area contributed by atoms with Crippen LogP contribution in [0.3, 0.4) is 0 Å². The van der Waals surface area contributed by atoms with E-state index in [1.807, 2.05) is 31.4 Å². The fourth-order valence-electron chi connectivity index (χ4n) is 1.50. The summed E-state index contributed by atoms with van der Waals surface area (Å²) in [6.07, 6.45) is 3.40. The maximum Gasteiger partial charge on any atom is 0.189 e. The summed E-state index contributed by atoms with van der Waals surface area (Å²) in [7, 11) is 0. The number of hydrogen-bond acceptors (Lipinski definition) is 4. The van der Waals surface area contributed by atoms with Gasteiger partial charge in [0, 0.05) is 23.7 Å². The fraction of sp³-hybridized carbons (Fsp3) is 0.250. The van der Waals surface area contributed by atoms with Crippen LogP contribution in [0.4, 0.5) is 0 Å². The molecule has 0 spiro atoms. The number of carbonyl (C=O) groups excluding carboxylic acids is 1. The largest absolute Gasteiger partial charge is 0.292 e. The summed E-state index contributed by atoms with van der Waals surface area (Å²) < 4.78 is 0. The first-order valence-corrected chi connectivity index (χ1v) is 5.92. The molecule has 0 saturated heterocycles. The third kappa shape index (κ3) is 2.17. The average Bonchev–Trinajstić information content (AvgIpc) is 2.75. The smallest absolute Gasteiger partial charge is 0.189 e. The maximum atomic E-state index is 12.1. The van der Waals surface area contributed by atoms with Crippen LogP contribution in [0.5, 0.6) is 0 Å². The Kier molecular flexibility index (Phi) is 3.10. The zero-order valence-corrected chi connectivity index (χ0v) is 9.99. The number of ketones is 1. The SMILES string of the molecule is Cc1nc(C(=O)C(C)c2ccncc2)cs1. The van der Waals surface area contributed by atoms with Gasteiger partial charge >= 0.3 is 0 Å². The van der Waals surface area contributed by atoms with Crippen molar-refractivity contribution in [1.29, 1.82) is 0 Å². The molecule has 0 aromatic carbocycles. The number of thiazole rings is 1. The minimum Gasteiger partial charge on any atom is -0.292 e. The summed E-state index contributed by atoms with van der Waals surface area (Å²) >= 11 is 1.50. The molecule has 0 aliphatic rings. The number of Topliss-reactive ketones (excluding diaryl/α,β-unsaturated/α-hetero) is 1. The highest BCUT2D eigenvalue weighted by molar-refractivity contribution is 7.09. The normalized spacial score (nSPS) is 12.4. The Bertz CT molecular complexity index is 493. The second kappa shape index (κ2) is 4.53. The van der Waals surface area contributed by atoms with Crippen molar-refractivity contribution >= 4 is 17.1 Å². The highest BCUT2D eigenvalue weighted by Crippen LogP contribution is 2.20. The van der Waals surface area contributed by atoms with Crippen molar-refractivity contribution in [2.24, 2.45) is 0 Å². The van der Waals surface area contributed by atoms with Crippen molar-refractivity contribution in [3.05, 3.63) is 46.2 Å². The van der Waals surface area contributed by atoms with Gasteiger partial charge in [0.2, 0.25) is 0 Å². The third-order valence-corrected chi connectivity index (χ3v) is 3.24. The molecule has 0 radical (unpaired) electrons. The summed E-state index contributed by atoms with van der Waals surface area (Å²) in [5.74, 6) is -0.0972. The van der Waals surface area contributed by atoms with Gasteiger partial charge in [0.1, 0.15) is 5.69 Å². The number of rotatable bonds is 3. The number of hydrogen-bond donors (Lipinski definition) is 0. The van der Waals surface area contributed by atoms with Crippen LogP contribution in [0, 0.1) is 6.92 Å². The molecule has 1 atom stereocenters. The van der Waals surface area contributed by atoms with Gasteiger partial charge in [-0.15, -0.1) is 11.3 Å². The fourth-order valence-corrected chi connectivity index (χ4v) is 2.10. The van der Waals surface area contributed by atoms with E-state index in [9.17, 15) is 4.79 Å². The Morgan fingerprint density at radius 2 is 2.06 bits per heavy atom. The number of nitrogens with zero attached hydrogens (tertiary/aromatic N) is 2. The van der Waals surface area contributed by atoms with Gasteiger partial charge in [0.25, 0.3) is 0 Å². The molecule has 0 fully saturated rings. The second-order valence-electron chi connectivity index (χ2n) is 3.62. The number of aromatic nitrogens is 2.